The highest BCUT2D eigenvalue weighted by atomic mass is 15.4. The Kier molecular flexibility index (Phi) is 2.82. The molecule has 0 radical (unpaired) electrons. The Morgan fingerprint density at radius 3 is 3.00 bits per heavy atom. The first-order valence-corrected chi connectivity index (χ1v) is 5.32. The molecule has 1 N–H and O–H groups in total. The van der Waals surface area contributed by atoms with Crippen molar-refractivity contribution in [1.82, 2.24) is 20.3 Å². The maximum atomic E-state index is 4.05. The topological polar surface area (TPSA) is 42.7 Å². The number of rotatable bonds is 3. The Bertz CT molecular complexity index is 294. The predicted molar refractivity (Wildman–Crippen MR) is 54.6 cm³/mol. The number of hydrogen-bond donors (Lipinski definition) is 1. The number of nitrogens with zero attached hydrogens (tertiary/aromatic N) is 3. The molecular formula is C10H18N4. The van der Waals surface area contributed by atoms with Gasteiger partial charge in [0.1, 0.15) is 0 Å². The fraction of sp³-hybridized carbons (Fsp3) is 0.800. The molecule has 0 bridgehead atoms. The summed E-state index contributed by atoms with van der Waals surface area (Å²) in [6.07, 6.45) is 5.94. The average Bonchev–Trinajstić information content (AvgIpc) is 2.72. The van der Waals surface area contributed by atoms with E-state index >= 15 is 0 Å². The minimum absolute atomic E-state index is 0.687. The van der Waals surface area contributed by atoms with Crippen LogP contribution in [-0.4, -0.2) is 21.0 Å². The molecule has 14 heavy (non-hydrogen) atoms. The first-order valence-electron chi connectivity index (χ1n) is 5.32. The van der Waals surface area contributed by atoms with E-state index in [2.05, 4.69) is 22.6 Å². The van der Waals surface area contributed by atoms with Gasteiger partial charge in [0.25, 0.3) is 0 Å². The molecule has 1 aliphatic carbocycles. The molecule has 1 aromatic heterocycles. The summed E-state index contributed by atoms with van der Waals surface area (Å²) >= 11 is 0. The lowest BCUT2D eigenvalue weighted by molar-refractivity contribution is 0.498. The van der Waals surface area contributed by atoms with Crippen LogP contribution in [0.4, 0.5) is 0 Å². The highest BCUT2D eigenvalue weighted by molar-refractivity contribution is 4.92. The van der Waals surface area contributed by atoms with Gasteiger partial charge in [0.05, 0.1) is 5.69 Å². The summed E-state index contributed by atoms with van der Waals surface area (Å²) < 4.78 is 1.74. The molecule has 0 aromatic carbocycles. The standard InChI is InChI=1S/C10H18N4/c1-8-3-4-9(5-8)11-6-10-7-14(2)13-12-10/h7-9,11H,3-6H2,1-2H3. The van der Waals surface area contributed by atoms with Crippen molar-refractivity contribution >= 4 is 0 Å². The number of aromatic nitrogens is 3. The van der Waals surface area contributed by atoms with Crippen molar-refractivity contribution < 1.29 is 0 Å². The third kappa shape index (κ3) is 2.32. The van der Waals surface area contributed by atoms with E-state index < -0.39 is 0 Å². The first kappa shape index (κ1) is 9.65. The largest absolute Gasteiger partial charge is 0.308 e. The predicted octanol–water partition coefficient (Wildman–Crippen LogP) is 1.09. The number of nitrogens with one attached hydrogen (secondary N) is 1. The lowest BCUT2D eigenvalue weighted by atomic mass is 10.1. The Balaban J connectivity index is 1.77. The van der Waals surface area contributed by atoms with E-state index in [1.807, 2.05) is 13.2 Å². The second-order valence-corrected chi connectivity index (χ2v) is 4.38. The van der Waals surface area contributed by atoms with Crippen LogP contribution in [0.25, 0.3) is 0 Å². The van der Waals surface area contributed by atoms with Crippen LogP contribution in [0.15, 0.2) is 6.20 Å². The van der Waals surface area contributed by atoms with Gasteiger partial charge < -0.3 is 5.32 Å². The van der Waals surface area contributed by atoms with E-state index in [0.717, 1.165) is 18.2 Å². The summed E-state index contributed by atoms with van der Waals surface area (Å²) in [6, 6.07) is 0.687. The average molecular weight is 194 g/mol. The zero-order chi connectivity index (χ0) is 9.97. The van der Waals surface area contributed by atoms with Gasteiger partial charge >= 0.3 is 0 Å². The van der Waals surface area contributed by atoms with Crippen molar-refractivity contribution in [3.8, 4) is 0 Å². The molecule has 0 amide bonds. The molecule has 1 aliphatic rings. The molecule has 1 saturated carbocycles. The number of hydrogen-bond acceptors (Lipinski definition) is 3. The minimum atomic E-state index is 0.687. The Morgan fingerprint density at radius 1 is 1.57 bits per heavy atom. The molecule has 4 heteroatoms. The molecule has 2 unspecified atom stereocenters. The van der Waals surface area contributed by atoms with Gasteiger partial charge in [-0.05, 0) is 25.2 Å². The van der Waals surface area contributed by atoms with Crippen LogP contribution in [-0.2, 0) is 13.6 Å². The third-order valence-corrected chi connectivity index (χ3v) is 2.92. The Morgan fingerprint density at radius 2 is 2.43 bits per heavy atom. The summed E-state index contributed by atoms with van der Waals surface area (Å²) in [6.45, 7) is 3.18. The van der Waals surface area contributed by atoms with E-state index in [4.69, 9.17) is 0 Å². The second-order valence-electron chi connectivity index (χ2n) is 4.38. The van der Waals surface area contributed by atoms with Crippen LogP contribution < -0.4 is 5.32 Å². The number of aryl methyl sites for hydroxylation is 1. The van der Waals surface area contributed by atoms with E-state index in [1.54, 1.807) is 4.68 Å². The molecule has 2 atom stereocenters. The van der Waals surface area contributed by atoms with Crippen LogP contribution in [0.3, 0.4) is 0 Å². The fourth-order valence-electron chi connectivity index (χ4n) is 2.12. The summed E-state index contributed by atoms with van der Waals surface area (Å²) in [7, 11) is 1.90. The SMILES string of the molecule is CC1CCC(NCc2cn(C)nn2)C1. The summed E-state index contributed by atoms with van der Waals surface area (Å²) in [5, 5.41) is 11.5. The van der Waals surface area contributed by atoms with Crippen molar-refractivity contribution in [1.29, 1.82) is 0 Å². The molecule has 0 aliphatic heterocycles. The monoisotopic (exact) mass is 194 g/mol. The van der Waals surface area contributed by atoms with Crippen LogP contribution >= 0.6 is 0 Å². The van der Waals surface area contributed by atoms with Crippen molar-refractivity contribution in [3.05, 3.63) is 11.9 Å². The third-order valence-electron chi connectivity index (χ3n) is 2.92. The van der Waals surface area contributed by atoms with E-state index in [9.17, 15) is 0 Å². The Labute approximate surface area is 84.7 Å². The minimum Gasteiger partial charge on any atom is -0.308 e. The van der Waals surface area contributed by atoms with E-state index in [-0.39, 0.29) is 0 Å². The normalized spacial score (nSPS) is 27.0. The van der Waals surface area contributed by atoms with E-state index in [0.29, 0.717) is 6.04 Å². The zero-order valence-electron chi connectivity index (χ0n) is 8.90. The zero-order valence-corrected chi connectivity index (χ0v) is 8.90. The second kappa shape index (κ2) is 4.09. The summed E-state index contributed by atoms with van der Waals surface area (Å²) in [5.74, 6) is 0.884. The molecule has 1 heterocycles. The molecule has 1 fully saturated rings. The first-order chi connectivity index (χ1) is 6.74. The van der Waals surface area contributed by atoms with Crippen LogP contribution in [0.5, 0.6) is 0 Å². The summed E-state index contributed by atoms with van der Waals surface area (Å²) in [4.78, 5) is 0. The van der Waals surface area contributed by atoms with E-state index in [1.165, 1.54) is 19.3 Å². The van der Waals surface area contributed by atoms with Gasteiger partial charge in [-0.25, -0.2) is 0 Å². The maximum Gasteiger partial charge on any atom is 0.0964 e. The van der Waals surface area contributed by atoms with Gasteiger partial charge in [0.15, 0.2) is 0 Å². The van der Waals surface area contributed by atoms with Gasteiger partial charge in [-0.2, -0.15) is 0 Å². The summed E-state index contributed by atoms with van der Waals surface area (Å²) in [5.41, 5.74) is 1.03. The quantitative estimate of drug-likeness (QED) is 0.783. The van der Waals surface area contributed by atoms with Gasteiger partial charge in [0, 0.05) is 25.8 Å². The highest BCUT2D eigenvalue weighted by Gasteiger charge is 2.20. The lowest BCUT2D eigenvalue weighted by Gasteiger charge is -2.10. The van der Waals surface area contributed by atoms with Crippen LogP contribution in [0.1, 0.15) is 31.9 Å². The van der Waals surface area contributed by atoms with Crippen LogP contribution in [0.2, 0.25) is 0 Å². The van der Waals surface area contributed by atoms with Crippen LogP contribution in [0, 0.1) is 5.92 Å². The van der Waals surface area contributed by atoms with Crippen molar-refractivity contribution in [3.63, 3.8) is 0 Å². The van der Waals surface area contributed by atoms with Crippen molar-refractivity contribution in [2.75, 3.05) is 0 Å². The lowest BCUT2D eigenvalue weighted by Crippen LogP contribution is -2.25. The van der Waals surface area contributed by atoms with Crippen molar-refractivity contribution in [2.24, 2.45) is 13.0 Å². The molecule has 0 spiro atoms. The molecule has 78 valence electrons. The smallest absolute Gasteiger partial charge is 0.0964 e. The molecule has 4 nitrogen and oxygen atoms in total. The van der Waals surface area contributed by atoms with Gasteiger partial charge in [0.2, 0.25) is 0 Å². The van der Waals surface area contributed by atoms with Gasteiger partial charge in [-0.1, -0.05) is 12.1 Å². The molecule has 0 saturated heterocycles. The maximum absolute atomic E-state index is 4.05. The highest BCUT2D eigenvalue weighted by Crippen LogP contribution is 2.24. The fourth-order valence-corrected chi connectivity index (χ4v) is 2.12. The van der Waals surface area contributed by atoms with Crippen molar-refractivity contribution in [2.45, 2.75) is 38.8 Å². The molecule has 1 aromatic rings. The van der Waals surface area contributed by atoms with Gasteiger partial charge in [-0.3, -0.25) is 4.68 Å². The van der Waals surface area contributed by atoms with Gasteiger partial charge in [-0.15, -0.1) is 5.10 Å². The molecule has 2 rings (SSSR count). The molecular weight excluding hydrogens is 176 g/mol. The Hall–Kier alpha value is -0.900.